The third kappa shape index (κ3) is 3.15. The van der Waals surface area contributed by atoms with Crippen LogP contribution in [0.15, 0.2) is 18.2 Å². The van der Waals surface area contributed by atoms with Crippen LogP contribution in [-0.4, -0.2) is 28.5 Å². The molecule has 1 aliphatic carbocycles. The number of pyridine rings is 1. The van der Waals surface area contributed by atoms with E-state index in [0.717, 1.165) is 25.7 Å². The van der Waals surface area contributed by atoms with Crippen molar-refractivity contribution >= 4 is 11.9 Å². The van der Waals surface area contributed by atoms with E-state index < -0.39 is 5.97 Å². The second-order valence-corrected chi connectivity index (χ2v) is 5.50. The summed E-state index contributed by atoms with van der Waals surface area (Å²) in [7, 11) is 0. The Morgan fingerprint density at radius 3 is 2.60 bits per heavy atom. The van der Waals surface area contributed by atoms with Crippen LogP contribution in [0.1, 0.15) is 60.0 Å². The van der Waals surface area contributed by atoms with Crippen molar-refractivity contribution in [2.24, 2.45) is 5.41 Å². The maximum Gasteiger partial charge on any atom is 0.354 e. The van der Waals surface area contributed by atoms with E-state index in [0.29, 0.717) is 6.54 Å². The summed E-state index contributed by atoms with van der Waals surface area (Å²) in [5, 5.41) is 11.8. The standard InChI is InChI=1S/C15H20N2O3/c1-2-7-15(8-4-9-15)10-16-13(18)11-5-3-6-12(17-11)14(19)20/h3,5-6H,2,4,7-10H2,1H3,(H,16,18)(H,19,20). The predicted octanol–water partition coefficient (Wildman–Crippen LogP) is 2.48. The molecule has 0 aliphatic heterocycles. The minimum absolute atomic E-state index is 0.107. The van der Waals surface area contributed by atoms with Crippen molar-refractivity contribution in [3.63, 3.8) is 0 Å². The van der Waals surface area contributed by atoms with Gasteiger partial charge in [0.25, 0.3) is 5.91 Å². The Morgan fingerprint density at radius 1 is 1.35 bits per heavy atom. The Morgan fingerprint density at radius 2 is 2.05 bits per heavy atom. The van der Waals surface area contributed by atoms with Crippen molar-refractivity contribution < 1.29 is 14.7 Å². The van der Waals surface area contributed by atoms with E-state index in [-0.39, 0.29) is 22.7 Å². The number of amides is 1. The third-order valence-corrected chi connectivity index (χ3v) is 4.02. The first kappa shape index (κ1) is 14.5. The van der Waals surface area contributed by atoms with Crippen LogP contribution in [0, 0.1) is 5.41 Å². The zero-order valence-electron chi connectivity index (χ0n) is 11.7. The van der Waals surface area contributed by atoms with Gasteiger partial charge in [0.15, 0.2) is 0 Å². The summed E-state index contributed by atoms with van der Waals surface area (Å²) in [6.45, 7) is 2.80. The minimum atomic E-state index is -1.12. The van der Waals surface area contributed by atoms with E-state index in [1.165, 1.54) is 24.6 Å². The normalized spacial score (nSPS) is 16.2. The molecule has 1 heterocycles. The number of hydrogen-bond donors (Lipinski definition) is 2. The first-order chi connectivity index (χ1) is 9.56. The van der Waals surface area contributed by atoms with Gasteiger partial charge < -0.3 is 10.4 Å². The molecule has 108 valence electrons. The molecule has 1 saturated carbocycles. The summed E-state index contributed by atoms with van der Waals surface area (Å²) in [5.74, 6) is -1.42. The monoisotopic (exact) mass is 276 g/mol. The smallest absolute Gasteiger partial charge is 0.354 e. The summed E-state index contributed by atoms with van der Waals surface area (Å²) in [6, 6.07) is 4.45. The SMILES string of the molecule is CCCC1(CNC(=O)c2cccc(C(=O)O)n2)CCC1. The van der Waals surface area contributed by atoms with Gasteiger partial charge in [-0.15, -0.1) is 0 Å². The molecular formula is C15H20N2O3. The fourth-order valence-electron chi connectivity index (χ4n) is 2.76. The van der Waals surface area contributed by atoms with Crippen molar-refractivity contribution in [1.29, 1.82) is 0 Å². The average molecular weight is 276 g/mol. The molecule has 0 bridgehead atoms. The maximum absolute atomic E-state index is 12.0. The van der Waals surface area contributed by atoms with Crippen molar-refractivity contribution in [1.82, 2.24) is 10.3 Å². The van der Waals surface area contributed by atoms with E-state index >= 15 is 0 Å². The van der Waals surface area contributed by atoms with Gasteiger partial charge in [-0.05, 0) is 36.8 Å². The molecule has 0 aromatic carbocycles. The molecule has 1 aliphatic rings. The molecule has 0 unspecified atom stereocenters. The number of hydrogen-bond acceptors (Lipinski definition) is 3. The van der Waals surface area contributed by atoms with E-state index in [9.17, 15) is 9.59 Å². The number of nitrogens with one attached hydrogen (secondary N) is 1. The van der Waals surface area contributed by atoms with Crippen LogP contribution in [0.3, 0.4) is 0 Å². The summed E-state index contributed by atoms with van der Waals surface area (Å²) in [6.07, 6.45) is 5.77. The highest BCUT2D eigenvalue weighted by molar-refractivity contribution is 5.94. The Balaban J connectivity index is 1.98. The molecule has 2 rings (SSSR count). The number of carboxylic acids is 1. The highest BCUT2D eigenvalue weighted by Crippen LogP contribution is 2.44. The second-order valence-electron chi connectivity index (χ2n) is 5.50. The van der Waals surface area contributed by atoms with Crippen LogP contribution in [-0.2, 0) is 0 Å². The Hall–Kier alpha value is -1.91. The number of aromatic carboxylic acids is 1. The molecule has 20 heavy (non-hydrogen) atoms. The Kier molecular flexibility index (Phi) is 4.37. The van der Waals surface area contributed by atoms with Crippen molar-refractivity contribution in [3.05, 3.63) is 29.6 Å². The molecule has 0 radical (unpaired) electrons. The molecule has 5 nitrogen and oxygen atoms in total. The zero-order valence-corrected chi connectivity index (χ0v) is 11.7. The first-order valence-corrected chi connectivity index (χ1v) is 7.05. The van der Waals surface area contributed by atoms with Gasteiger partial charge in [0.05, 0.1) is 0 Å². The summed E-state index contributed by atoms with van der Waals surface area (Å²) >= 11 is 0. The van der Waals surface area contributed by atoms with Gasteiger partial charge in [0, 0.05) is 6.54 Å². The van der Waals surface area contributed by atoms with Gasteiger partial charge in [-0.1, -0.05) is 25.8 Å². The number of carbonyl (C=O) groups is 2. The van der Waals surface area contributed by atoms with E-state index in [1.54, 1.807) is 0 Å². The van der Waals surface area contributed by atoms with E-state index in [2.05, 4.69) is 17.2 Å². The van der Waals surface area contributed by atoms with Gasteiger partial charge >= 0.3 is 5.97 Å². The molecule has 1 aromatic rings. The van der Waals surface area contributed by atoms with Crippen molar-refractivity contribution in [2.75, 3.05) is 6.54 Å². The number of rotatable bonds is 6. The van der Waals surface area contributed by atoms with Crippen LogP contribution < -0.4 is 5.32 Å². The fraction of sp³-hybridized carbons (Fsp3) is 0.533. The molecule has 0 saturated heterocycles. The van der Waals surface area contributed by atoms with Crippen LogP contribution in [0.4, 0.5) is 0 Å². The lowest BCUT2D eigenvalue weighted by Crippen LogP contribution is -2.42. The lowest BCUT2D eigenvalue weighted by molar-refractivity contribution is 0.0690. The molecule has 1 fully saturated rings. The summed E-state index contributed by atoms with van der Waals surface area (Å²) in [5.41, 5.74) is 0.301. The highest BCUT2D eigenvalue weighted by Gasteiger charge is 2.36. The number of aromatic nitrogens is 1. The molecular weight excluding hydrogens is 256 g/mol. The average Bonchev–Trinajstić information content (AvgIpc) is 2.41. The van der Waals surface area contributed by atoms with Crippen molar-refractivity contribution in [2.45, 2.75) is 39.0 Å². The van der Waals surface area contributed by atoms with Crippen LogP contribution in [0.25, 0.3) is 0 Å². The summed E-state index contributed by atoms with van der Waals surface area (Å²) < 4.78 is 0. The molecule has 0 atom stereocenters. The molecule has 1 aromatic heterocycles. The largest absolute Gasteiger partial charge is 0.477 e. The maximum atomic E-state index is 12.0. The molecule has 0 spiro atoms. The predicted molar refractivity (Wildman–Crippen MR) is 74.7 cm³/mol. The topological polar surface area (TPSA) is 79.3 Å². The minimum Gasteiger partial charge on any atom is -0.477 e. The third-order valence-electron chi connectivity index (χ3n) is 4.02. The number of nitrogens with zero attached hydrogens (tertiary/aromatic N) is 1. The van der Waals surface area contributed by atoms with Gasteiger partial charge in [-0.3, -0.25) is 4.79 Å². The number of carbonyl (C=O) groups excluding carboxylic acids is 1. The fourth-order valence-corrected chi connectivity index (χ4v) is 2.76. The quantitative estimate of drug-likeness (QED) is 0.836. The van der Waals surface area contributed by atoms with Gasteiger partial charge in [-0.25, -0.2) is 9.78 Å². The van der Waals surface area contributed by atoms with Crippen molar-refractivity contribution in [3.8, 4) is 0 Å². The lowest BCUT2D eigenvalue weighted by Gasteiger charge is -2.42. The lowest BCUT2D eigenvalue weighted by atomic mass is 9.66. The van der Waals surface area contributed by atoms with E-state index in [1.807, 2.05) is 0 Å². The summed E-state index contributed by atoms with van der Waals surface area (Å²) in [4.78, 5) is 26.7. The molecule has 5 heteroatoms. The molecule has 2 N–H and O–H groups in total. The van der Waals surface area contributed by atoms with Gasteiger partial charge in [0.2, 0.25) is 0 Å². The van der Waals surface area contributed by atoms with Gasteiger partial charge in [-0.2, -0.15) is 0 Å². The zero-order chi connectivity index (χ0) is 14.6. The van der Waals surface area contributed by atoms with Crippen LogP contribution >= 0.6 is 0 Å². The van der Waals surface area contributed by atoms with Gasteiger partial charge in [0.1, 0.15) is 11.4 Å². The number of carboxylic acid groups (broad SMARTS) is 1. The molecule has 1 amide bonds. The van der Waals surface area contributed by atoms with Crippen LogP contribution in [0.2, 0.25) is 0 Å². The van der Waals surface area contributed by atoms with Crippen LogP contribution in [0.5, 0.6) is 0 Å². The first-order valence-electron chi connectivity index (χ1n) is 7.05. The van der Waals surface area contributed by atoms with E-state index in [4.69, 9.17) is 5.11 Å². The Labute approximate surface area is 118 Å². The second kappa shape index (κ2) is 6.03. The Bertz CT molecular complexity index is 510. The highest BCUT2D eigenvalue weighted by atomic mass is 16.4.